The van der Waals surface area contributed by atoms with Gasteiger partial charge in [0.15, 0.2) is 5.75 Å². The molecule has 1 heterocycles. The predicted molar refractivity (Wildman–Crippen MR) is 74.3 cm³/mol. The molecule has 0 saturated carbocycles. The van der Waals surface area contributed by atoms with Gasteiger partial charge in [0.05, 0.1) is 0 Å². The van der Waals surface area contributed by atoms with Crippen LogP contribution in [0, 0.1) is 5.82 Å². The first kappa shape index (κ1) is 12.5. The third-order valence-corrected chi connectivity index (χ3v) is 3.21. The van der Waals surface area contributed by atoms with Crippen LogP contribution in [0.2, 0.25) is 0 Å². The first-order valence-electron chi connectivity index (χ1n) is 6.28. The maximum atomic E-state index is 13.3. The zero-order valence-electron chi connectivity index (χ0n) is 10.7. The molecule has 20 heavy (non-hydrogen) atoms. The molecule has 0 aliphatic carbocycles. The van der Waals surface area contributed by atoms with Crippen molar-refractivity contribution in [1.29, 1.82) is 0 Å². The molecule has 0 saturated heterocycles. The summed E-state index contributed by atoms with van der Waals surface area (Å²) in [7, 11) is 0. The summed E-state index contributed by atoms with van der Waals surface area (Å²) in [5.74, 6) is 0.357. The lowest BCUT2D eigenvalue weighted by molar-refractivity contribution is -0.116. The van der Waals surface area contributed by atoms with Gasteiger partial charge >= 0.3 is 0 Å². The molecule has 2 aromatic rings. The van der Waals surface area contributed by atoms with Gasteiger partial charge in [-0.25, -0.2) is 4.39 Å². The first-order valence-corrected chi connectivity index (χ1v) is 6.28. The van der Waals surface area contributed by atoms with Crippen LogP contribution in [0.3, 0.4) is 0 Å². The number of benzene rings is 2. The highest BCUT2D eigenvalue weighted by Gasteiger charge is 2.15. The lowest BCUT2D eigenvalue weighted by Gasteiger charge is -2.18. The molecular formula is C15H13FN2O2. The summed E-state index contributed by atoms with van der Waals surface area (Å²) in [6, 6.07) is 9.76. The van der Waals surface area contributed by atoms with Crippen LogP contribution in [0.4, 0.5) is 15.8 Å². The zero-order chi connectivity index (χ0) is 14.1. The van der Waals surface area contributed by atoms with Crippen LogP contribution < -0.4 is 15.8 Å². The Hall–Kier alpha value is -2.56. The minimum atomic E-state index is -0.507. The molecule has 0 bridgehead atoms. The summed E-state index contributed by atoms with van der Waals surface area (Å²) in [5.41, 5.74) is 7.40. The van der Waals surface area contributed by atoms with E-state index >= 15 is 0 Å². The topological polar surface area (TPSA) is 64.3 Å². The largest absolute Gasteiger partial charge is 0.455 e. The molecule has 4 nitrogen and oxygen atoms in total. The number of fused-ring (bicyclic) bond motifs is 1. The monoisotopic (exact) mass is 272 g/mol. The standard InChI is InChI=1S/C15H13FN2O2/c16-11-2-1-3-13(15(11)17)20-10-5-6-12-9(8-10)4-7-14(19)18-12/h1-3,5-6,8H,4,7,17H2,(H,18,19). The first-order chi connectivity index (χ1) is 9.63. The summed E-state index contributed by atoms with van der Waals surface area (Å²) >= 11 is 0. The van der Waals surface area contributed by atoms with Gasteiger partial charge in [0.25, 0.3) is 0 Å². The maximum Gasteiger partial charge on any atom is 0.224 e. The highest BCUT2D eigenvalue weighted by molar-refractivity contribution is 5.94. The van der Waals surface area contributed by atoms with Crippen LogP contribution in [0.1, 0.15) is 12.0 Å². The molecule has 0 atom stereocenters. The van der Waals surface area contributed by atoms with E-state index in [0.29, 0.717) is 18.6 Å². The maximum absolute atomic E-state index is 13.3. The van der Waals surface area contributed by atoms with Crippen LogP contribution in [0.5, 0.6) is 11.5 Å². The third-order valence-electron chi connectivity index (χ3n) is 3.21. The third kappa shape index (κ3) is 2.30. The summed E-state index contributed by atoms with van der Waals surface area (Å²) in [6.07, 6.45) is 1.12. The number of aryl methyl sites for hydroxylation is 1. The molecule has 0 spiro atoms. The van der Waals surface area contributed by atoms with Crippen LogP contribution in [-0.2, 0) is 11.2 Å². The average Bonchev–Trinajstić information content (AvgIpc) is 2.44. The highest BCUT2D eigenvalue weighted by Crippen LogP contribution is 2.32. The summed E-state index contributed by atoms with van der Waals surface area (Å²) in [6.45, 7) is 0. The summed E-state index contributed by atoms with van der Waals surface area (Å²) < 4.78 is 19.0. The lowest BCUT2D eigenvalue weighted by atomic mass is 10.0. The highest BCUT2D eigenvalue weighted by atomic mass is 19.1. The Labute approximate surface area is 115 Å². The minimum Gasteiger partial charge on any atom is -0.455 e. The van der Waals surface area contributed by atoms with Crippen LogP contribution in [0.15, 0.2) is 36.4 Å². The van der Waals surface area contributed by atoms with E-state index in [0.717, 1.165) is 11.3 Å². The van der Waals surface area contributed by atoms with E-state index in [1.807, 2.05) is 6.07 Å². The van der Waals surface area contributed by atoms with Crippen LogP contribution >= 0.6 is 0 Å². The van der Waals surface area contributed by atoms with Crippen molar-refractivity contribution in [2.45, 2.75) is 12.8 Å². The second-order valence-corrected chi connectivity index (χ2v) is 4.62. The predicted octanol–water partition coefficient (Wildman–Crippen LogP) is 3.08. The molecule has 1 amide bonds. The van der Waals surface area contributed by atoms with Crippen molar-refractivity contribution in [3.8, 4) is 11.5 Å². The van der Waals surface area contributed by atoms with Gasteiger partial charge in [-0.1, -0.05) is 6.07 Å². The molecule has 2 aromatic carbocycles. The Bertz CT molecular complexity index is 686. The molecule has 0 aromatic heterocycles. The number of anilines is 2. The molecule has 0 radical (unpaired) electrons. The zero-order valence-corrected chi connectivity index (χ0v) is 10.7. The number of hydrogen-bond donors (Lipinski definition) is 2. The van der Waals surface area contributed by atoms with E-state index in [-0.39, 0.29) is 17.3 Å². The Kier molecular flexibility index (Phi) is 3.02. The Balaban J connectivity index is 1.88. The number of nitrogen functional groups attached to an aromatic ring is 1. The number of amides is 1. The fraction of sp³-hybridized carbons (Fsp3) is 0.133. The number of nitrogens with one attached hydrogen (secondary N) is 1. The van der Waals surface area contributed by atoms with Crippen molar-refractivity contribution in [3.63, 3.8) is 0 Å². The number of rotatable bonds is 2. The number of halogens is 1. The second-order valence-electron chi connectivity index (χ2n) is 4.62. The van der Waals surface area contributed by atoms with Gasteiger partial charge in [-0.05, 0) is 42.3 Å². The minimum absolute atomic E-state index is 0.0144. The quantitative estimate of drug-likeness (QED) is 0.826. The van der Waals surface area contributed by atoms with E-state index in [1.54, 1.807) is 24.3 Å². The Morgan fingerprint density at radius 3 is 2.90 bits per heavy atom. The van der Waals surface area contributed by atoms with E-state index in [4.69, 9.17) is 10.5 Å². The molecule has 1 aliphatic rings. The normalized spacial score (nSPS) is 13.6. The van der Waals surface area contributed by atoms with Crippen molar-refractivity contribution < 1.29 is 13.9 Å². The molecule has 5 heteroatoms. The van der Waals surface area contributed by atoms with Crippen molar-refractivity contribution in [3.05, 3.63) is 47.8 Å². The summed E-state index contributed by atoms with van der Waals surface area (Å²) in [4.78, 5) is 11.3. The van der Waals surface area contributed by atoms with E-state index in [9.17, 15) is 9.18 Å². The lowest BCUT2D eigenvalue weighted by Crippen LogP contribution is -2.18. The number of carbonyl (C=O) groups is 1. The van der Waals surface area contributed by atoms with E-state index in [2.05, 4.69) is 5.32 Å². The van der Waals surface area contributed by atoms with E-state index in [1.165, 1.54) is 6.07 Å². The number of para-hydroxylation sites is 1. The number of hydrogen-bond acceptors (Lipinski definition) is 3. The van der Waals surface area contributed by atoms with Gasteiger partial charge in [-0.15, -0.1) is 0 Å². The SMILES string of the molecule is Nc1c(F)cccc1Oc1ccc2c(c1)CCC(=O)N2. The van der Waals surface area contributed by atoms with Gasteiger partial charge in [0, 0.05) is 12.1 Å². The van der Waals surface area contributed by atoms with Crippen molar-refractivity contribution in [2.24, 2.45) is 0 Å². The van der Waals surface area contributed by atoms with Crippen molar-refractivity contribution in [2.75, 3.05) is 11.1 Å². The molecular weight excluding hydrogens is 259 g/mol. The number of carbonyl (C=O) groups excluding carboxylic acids is 1. The molecule has 102 valence electrons. The Morgan fingerprint density at radius 2 is 2.05 bits per heavy atom. The van der Waals surface area contributed by atoms with Gasteiger partial charge < -0.3 is 15.8 Å². The molecule has 3 N–H and O–H groups in total. The fourth-order valence-corrected chi connectivity index (χ4v) is 2.16. The van der Waals surface area contributed by atoms with Crippen LogP contribution in [-0.4, -0.2) is 5.91 Å². The average molecular weight is 272 g/mol. The van der Waals surface area contributed by atoms with Crippen molar-refractivity contribution >= 4 is 17.3 Å². The van der Waals surface area contributed by atoms with Crippen molar-refractivity contribution in [1.82, 2.24) is 0 Å². The Morgan fingerprint density at radius 1 is 1.20 bits per heavy atom. The molecule has 0 fully saturated rings. The molecule has 1 aliphatic heterocycles. The van der Waals surface area contributed by atoms with Gasteiger partial charge in [-0.3, -0.25) is 4.79 Å². The van der Waals surface area contributed by atoms with Crippen LogP contribution in [0.25, 0.3) is 0 Å². The van der Waals surface area contributed by atoms with Gasteiger partial charge in [-0.2, -0.15) is 0 Å². The van der Waals surface area contributed by atoms with E-state index < -0.39 is 5.82 Å². The van der Waals surface area contributed by atoms with Gasteiger partial charge in [0.1, 0.15) is 17.3 Å². The number of nitrogens with two attached hydrogens (primary N) is 1. The van der Waals surface area contributed by atoms with Gasteiger partial charge in [0.2, 0.25) is 5.91 Å². The summed E-state index contributed by atoms with van der Waals surface area (Å²) in [5, 5.41) is 2.79. The molecule has 3 rings (SSSR count). The molecule has 0 unspecified atom stereocenters. The second kappa shape index (κ2) is 4.85. The number of ether oxygens (including phenoxy) is 1. The smallest absolute Gasteiger partial charge is 0.224 e. The fourth-order valence-electron chi connectivity index (χ4n) is 2.16.